The van der Waals surface area contributed by atoms with Crippen molar-refractivity contribution in [1.82, 2.24) is 19.3 Å². The average molecular weight is 407 g/mol. The minimum atomic E-state index is -0.0791. The SMILES string of the molecule is O=C(Cn1c(-c2ccccc2)cc2ccccc21)Nc1ccccc1Cn1cncn1. The number of hydrogen-bond donors (Lipinski definition) is 1. The number of carbonyl (C=O) groups excluding carboxylic acids is 1. The third-order valence-electron chi connectivity index (χ3n) is 5.27. The van der Waals surface area contributed by atoms with E-state index in [2.05, 4.69) is 44.2 Å². The maximum absolute atomic E-state index is 13.1. The lowest BCUT2D eigenvalue weighted by Crippen LogP contribution is -2.20. The van der Waals surface area contributed by atoms with E-state index in [0.29, 0.717) is 6.54 Å². The van der Waals surface area contributed by atoms with Gasteiger partial charge in [-0.25, -0.2) is 9.67 Å². The van der Waals surface area contributed by atoms with E-state index in [-0.39, 0.29) is 12.5 Å². The van der Waals surface area contributed by atoms with Gasteiger partial charge in [0, 0.05) is 22.3 Å². The fraction of sp³-hybridized carbons (Fsp3) is 0.0800. The largest absolute Gasteiger partial charge is 0.331 e. The normalized spacial score (nSPS) is 11.0. The van der Waals surface area contributed by atoms with Gasteiger partial charge in [-0.3, -0.25) is 4.79 Å². The summed E-state index contributed by atoms with van der Waals surface area (Å²) in [6.07, 6.45) is 3.17. The number of nitrogens with zero attached hydrogens (tertiary/aromatic N) is 4. The van der Waals surface area contributed by atoms with Crippen LogP contribution in [0.4, 0.5) is 5.69 Å². The van der Waals surface area contributed by atoms with Gasteiger partial charge in [-0.05, 0) is 29.3 Å². The first kappa shape index (κ1) is 18.8. The number of aromatic nitrogens is 4. The van der Waals surface area contributed by atoms with Gasteiger partial charge in [-0.15, -0.1) is 0 Å². The fourth-order valence-electron chi connectivity index (χ4n) is 3.83. The quantitative estimate of drug-likeness (QED) is 0.448. The predicted molar refractivity (Wildman–Crippen MR) is 122 cm³/mol. The van der Waals surface area contributed by atoms with Gasteiger partial charge in [0.2, 0.25) is 5.91 Å². The van der Waals surface area contributed by atoms with Crippen LogP contribution in [0, 0.1) is 0 Å². The zero-order valence-corrected chi connectivity index (χ0v) is 16.8. The van der Waals surface area contributed by atoms with Crippen LogP contribution >= 0.6 is 0 Å². The number of rotatable bonds is 6. The highest BCUT2D eigenvalue weighted by Crippen LogP contribution is 2.28. The van der Waals surface area contributed by atoms with E-state index in [9.17, 15) is 4.79 Å². The Labute approximate surface area is 179 Å². The Hall–Kier alpha value is -4.19. The van der Waals surface area contributed by atoms with E-state index in [1.54, 1.807) is 11.0 Å². The molecule has 0 spiro atoms. The summed E-state index contributed by atoms with van der Waals surface area (Å²) in [7, 11) is 0. The van der Waals surface area contributed by atoms with Crippen LogP contribution in [0.1, 0.15) is 5.56 Å². The zero-order valence-electron chi connectivity index (χ0n) is 16.8. The van der Waals surface area contributed by atoms with E-state index in [1.807, 2.05) is 60.7 Å². The van der Waals surface area contributed by atoms with Crippen molar-refractivity contribution in [2.45, 2.75) is 13.1 Å². The molecule has 152 valence electrons. The molecule has 1 N–H and O–H groups in total. The van der Waals surface area contributed by atoms with E-state index >= 15 is 0 Å². The van der Waals surface area contributed by atoms with Crippen LogP contribution < -0.4 is 5.32 Å². The molecule has 5 aromatic rings. The third-order valence-corrected chi connectivity index (χ3v) is 5.27. The molecular weight excluding hydrogens is 386 g/mol. The van der Waals surface area contributed by atoms with E-state index < -0.39 is 0 Å². The molecule has 2 heterocycles. The Morgan fingerprint density at radius 1 is 0.903 bits per heavy atom. The van der Waals surface area contributed by atoms with Gasteiger partial charge in [0.25, 0.3) is 0 Å². The summed E-state index contributed by atoms with van der Waals surface area (Å²) in [4.78, 5) is 17.1. The molecule has 6 nitrogen and oxygen atoms in total. The molecule has 0 aliphatic rings. The Balaban J connectivity index is 1.44. The Morgan fingerprint density at radius 3 is 2.52 bits per heavy atom. The number of anilines is 1. The lowest BCUT2D eigenvalue weighted by Gasteiger charge is -2.14. The molecule has 5 rings (SSSR count). The van der Waals surface area contributed by atoms with Crippen molar-refractivity contribution in [2.24, 2.45) is 0 Å². The second-order valence-electron chi connectivity index (χ2n) is 7.34. The first-order valence-corrected chi connectivity index (χ1v) is 10.1. The highest BCUT2D eigenvalue weighted by molar-refractivity contribution is 5.94. The number of fused-ring (bicyclic) bond motifs is 1. The zero-order chi connectivity index (χ0) is 21.0. The Bertz CT molecular complexity index is 1320. The van der Waals surface area contributed by atoms with Crippen molar-refractivity contribution in [1.29, 1.82) is 0 Å². The number of nitrogens with one attached hydrogen (secondary N) is 1. The van der Waals surface area contributed by atoms with Gasteiger partial charge in [-0.2, -0.15) is 5.10 Å². The second-order valence-corrected chi connectivity index (χ2v) is 7.34. The number of benzene rings is 3. The maximum atomic E-state index is 13.1. The molecule has 6 heteroatoms. The number of para-hydroxylation sites is 2. The van der Waals surface area contributed by atoms with Crippen molar-refractivity contribution < 1.29 is 4.79 Å². The van der Waals surface area contributed by atoms with Gasteiger partial charge >= 0.3 is 0 Å². The second kappa shape index (κ2) is 8.28. The lowest BCUT2D eigenvalue weighted by molar-refractivity contribution is -0.116. The molecule has 31 heavy (non-hydrogen) atoms. The molecule has 0 saturated carbocycles. The summed E-state index contributed by atoms with van der Waals surface area (Å²) >= 11 is 0. The maximum Gasteiger partial charge on any atom is 0.244 e. The summed E-state index contributed by atoms with van der Waals surface area (Å²) in [6, 6.07) is 28.2. The van der Waals surface area contributed by atoms with Gasteiger partial charge in [0.15, 0.2) is 0 Å². The fourth-order valence-corrected chi connectivity index (χ4v) is 3.83. The molecule has 1 amide bonds. The average Bonchev–Trinajstić information content (AvgIpc) is 3.44. The molecule has 0 bridgehead atoms. The Morgan fingerprint density at radius 2 is 1.68 bits per heavy atom. The molecule has 0 unspecified atom stereocenters. The van der Waals surface area contributed by atoms with Crippen LogP contribution in [0.2, 0.25) is 0 Å². The van der Waals surface area contributed by atoms with Gasteiger partial charge in [-0.1, -0.05) is 66.7 Å². The minimum absolute atomic E-state index is 0.0791. The van der Waals surface area contributed by atoms with Crippen molar-refractivity contribution in [2.75, 3.05) is 5.32 Å². The van der Waals surface area contributed by atoms with Crippen LogP contribution in [0.15, 0.2) is 97.6 Å². The topological polar surface area (TPSA) is 64.7 Å². The highest BCUT2D eigenvalue weighted by Gasteiger charge is 2.14. The number of carbonyl (C=O) groups is 1. The van der Waals surface area contributed by atoms with E-state index in [0.717, 1.165) is 33.4 Å². The summed E-state index contributed by atoms with van der Waals surface area (Å²) < 4.78 is 3.80. The first-order chi connectivity index (χ1) is 15.3. The van der Waals surface area contributed by atoms with Crippen LogP contribution in [0.5, 0.6) is 0 Å². The summed E-state index contributed by atoms with van der Waals surface area (Å²) in [5.74, 6) is -0.0791. The summed E-state index contributed by atoms with van der Waals surface area (Å²) in [5, 5.41) is 8.36. The summed E-state index contributed by atoms with van der Waals surface area (Å²) in [6.45, 7) is 0.758. The van der Waals surface area contributed by atoms with E-state index in [4.69, 9.17) is 0 Å². The molecule has 0 saturated heterocycles. The lowest BCUT2D eigenvalue weighted by atomic mass is 10.1. The van der Waals surface area contributed by atoms with Crippen LogP contribution in [-0.4, -0.2) is 25.2 Å². The minimum Gasteiger partial charge on any atom is -0.331 e. The number of hydrogen-bond acceptors (Lipinski definition) is 3. The molecule has 3 aromatic carbocycles. The molecular formula is C25H21N5O. The van der Waals surface area contributed by atoms with Crippen LogP contribution in [0.25, 0.3) is 22.2 Å². The van der Waals surface area contributed by atoms with Gasteiger partial charge in [0.05, 0.1) is 6.54 Å². The van der Waals surface area contributed by atoms with Crippen molar-refractivity contribution in [3.63, 3.8) is 0 Å². The van der Waals surface area contributed by atoms with Crippen molar-refractivity contribution >= 4 is 22.5 Å². The van der Waals surface area contributed by atoms with Crippen molar-refractivity contribution in [3.05, 3.63) is 103 Å². The third kappa shape index (κ3) is 3.96. The first-order valence-electron chi connectivity index (χ1n) is 10.1. The monoisotopic (exact) mass is 407 g/mol. The molecule has 0 fully saturated rings. The van der Waals surface area contributed by atoms with Gasteiger partial charge < -0.3 is 9.88 Å². The molecule has 0 radical (unpaired) electrons. The van der Waals surface area contributed by atoms with Crippen LogP contribution in [0.3, 0.4) is 0 Å². The van der Waals surface area contributed by atoms with Gasteiger partial charge in [0.1, 0.15) is 19.2 Å². The highest BCUT2D eigenvalue weighted by atomic mass is 16.1. The number of amides is 1. The van der Waals surface area contributed by atoms with E-state index in [1.165, 1.54) is 6.33 Å². The van der Waals surface area contributed by atoms with Crippen LogP contribution in [-0.2, 0) is 17.9 Å². The molecule has 2 aromatic heterocycles. The molecule has 0 aliphatic carbocycles. The standard InChI is InChI=1S/C25H21N5O/c31-25(28-22-12-6-4-11-21(22)15-29-18-26-17-27-29)16-30-23-13-7-5-10-20(23)14-24(30)19-8-2-1-3-9-19/h1-14,17-18H,15-16H2,(H,28,31). The molecule has 0 aliphatic heterocycles. The molecule has 0 atom stereocenters. The predicted octanol–water partition coefficient (Wildman–Crippen LogP) is 4.59. The Kier molecular flexibility index (Phi) is 5.02. The van der Waals surface area contributed by atoms with Crippen molar-refractivity contribution in [3.8, 4) is 11.3 Å². The smallest absolute Gasteiger partial charge is 0.244 e. The summed E-state index contributed by atoms with van der Waals surface area (Å²) in [5.41, 5.74) is 4.89.